The van der Waals surface area contributed by atoms with E-state index in [4.69, 9.17) is 4.74 Å². The first kappa shape index (κ1) is 16.8. The minimum Gasteiger partial charge on any atom is -0.463 e. The molecule has 1 atom stereocenters. The number of H-pyrrole nitrogens is 2. The molecule has 9 nitrogen and oxygen atoms in total. The van der Waals surface area contributed by atoms with Gasteiger partial charge in [-0.15, -0.1) is 0 Å². The predicted molar refractivity (Wildman–Crippen MR) is 83.5 cm³/mol. The number of esters is 1. The Morgan fingerprint density at radius 3 is 2.57 bits per heavy atom. The molecular formula is C14H20N4O5. The molecule has 0 spiro atoms. The van der Waals surface area contributed by atoms with Crippen molar-refractivity contribution in [1.82, 2.24) is 19.1 Å². The number of aromatic amines is 2. The molecule has 2 rings (SSSR count). The molecule has 0 aliphatic rings. The largest absolute Gasteiger partial charge is 0.463 e. The highest BCUT2D eigenvalue weighted by Gasteiger charge is 2.13. The molecule has 9 heteroatoms. The van der Waals surface area contributed by atoms with E-state index in [-0.39, 0.29) is 29.8 Å². The number of aromatic nitrogens is 4. The highest BCUT2D eigenvalue weighted by atomic mass is 16.5. The Balaban J connectivity index is 2.12. The van der Waals surface area contributed by atoms with Crippen molar-refractivity contribution in [3.8, 4) is 0 Å². The second-order valence-corrected chi connectivity index (χ2v) is 5.52. The highest BCUT2D eigenvalue weighted by Crippen LogP contribution is 2.05. The van der Waals surface area contributed by atoms with E-state index in [0.717, 1.165) is 4.57 Å². The van der Waals surface area contributed by atoms with E-state index in [1.54, 1.807) is 6.92 Å². The molecule has 2 aromatic heterocycles. The van der Waals surface area contributed by atoms with E-state index in [2.05, 4.69) is 9.97 Å². The summed E-state index contributed by atoms with van der Waals surface area (Å²) in [5.41, 5.74) is -1.25. The van der Waals surface area contributed by atoms with Crippen molar-refractivity contribution >= 4 is 17.1 Å². The molecule has 2 N–H and O–H groups in total. The maximum Gasteiger partial charge on any atom is 0.332 e. The third-order valence-electron chi connectivity index (χ3n) is 3.63. The minimum atomic E-state index is -0.528. The van der Waals surface area contributed by atoms with E-state index >= 15 is 0 Å². The van der Waals surface area contributed by atoms with E-state index < -0.39 is 16.9 Å². The van der Waals surface area contributed by atoms with Gasteiger partial charge >= 0.3 is 17.3 Å². The first-order valence-corrected chi connectivity index (χ1v) is 7.40. The molecule has 2 aromatic rings. The number of unbranched alkanes of at least 4 members (excludes halogenated alkanes) is 1. The number of nitrogens with zero attached hydrogens (tertiary/aromatic N) is 2. The number of carbonyl (C=O) groups is 1. The van der Waals surface area contributed by atoms with Crippen LogP contribution in [0.25, 0.3) is 11.2 Å². The Hall–Kier alpha value is -2.58. The lowest BCUT2D eigenvalue weighted by Gasteiger charge is -2.12. The van der Waals surface area contributed by atoms with Crippen LogP contribution >= 0.6 is 0 Å². The summed E-state index contributed by atoms with van der Waals surface area (Å²) in [6, 6.07) is 0. The van der Waals surface area contributed by atoms with Gasteiger partial charge in [-0.3, -0.25) is 28.7 Å². The van der Waals surface area contributed by atoms with Crippen molar-refractivity contribution in [2.24, 2.45) is 7.05 Å². The average Bonchev–Trinajstić information content (AvgIpc) is 2.85. The van der Waals surface area contributed by atoms with Gasteiger partial charge < -0.3 is 4.74 Å². The average molecular weight is 324 g/mol. The summed E-state index contributed by atoms with van der Waals surface area (Å²) in [6.45, 7) is 3.39. The summed E-state index contributed by atoms with van der Waals surface area (Å²) in [5, 5.41) is 0. The van der Waals surface area contributed by atoms with Gasteiger partial charge in [0.05, 0.1) is 6.10 Å². The van der Waals surface area contributed by atoms with Gasteiger partial charge in [0.2, 0.25) is 0 Å². The number of aryl methyl sites for hydroxylation is 1. The molecule has 23 heavy (non-hydrogen) atoms. The number of hydrogen-bond acceptors (Lipinski definition) is 5. The van der Waals surface area contributed by atoms with Crippen molar-refractivity contribution in [2.45, 2.75) is 45.8 Å². The van der Waals surface area contributed by atoms with Crippen molar-refractivity contribution in [1.29, 1.82) is 0 Å². The first-order valence-electron chi connectivity index (χ1n) is 7.40. The molecule has 0 amide bonds. The van der Waals surface area contributed by atoms with Gasteiger partial charge in [-0.05, 0) is 26.2 Å². The number of hydrogen-bond donors (Lipinski definition) is 2. The third-order valence-corrected chi connectivity index (χ3v) is 3.63. The number of ether oxygens (including phenoxy) is 1. The van der Waals surface area contributed by atoms with Crippen LogP contribution < -0.4 is 16.9 Å². The van der Waals surface area contributed by atoms with Gasteiger partial charge in [-0.1, -0.05) is 0 Å². The van der Waals surface area contributed by atoms with Crippen LogP contribution in [0, 0.1) is 0 Å². The molecule has 2 heterocycles. The van der Waals surface area contributed by atoms with Crippen LogP contribution in [-0.4, -0.2) is 31.2 Å². The van der Waals surface area contributed by atoms with Gasteiger partial charge in [0, 0.05) is 20.5 Å². The molecule has 0 saturated heterocycles. The van der Waals surface area contributed by atoms with Crippen molar-refractivity contribution in [3.05, 3.63) is 31.3 Å². The molecule has 0 aliphatic heterocycles. The summed E-state index contributed by atoms with van der Waals surface area (Å²) in [7, 11) is 1.49. The lowest BCUT2D eigenvalue weighted by molar-refractivity contribution is -0.145. The van der Waals surface area contributed by atoms with Crippen LogP contribution in [0.2, 0.25) is 0 Å². The quantitative estimate of drug-likeness (QED) is 0.565. The zero-order valence-corrected chi connectivity index (χ0v) is 13.3. The third kappa shape index (κ3) is 3.61. The summed E-state index contributed by atoms with van der Waals surface area (Å²) >= 11 is 0. The van der Waals surface area contributed by atoms with Crippen molar-refractivity contribution in [2.75, 3.05) is 0 Å². The van der Waals surface area contributed by atoms with E-state index in [0.29, 0.717) is 19.3 Å². The molecule has 0 unspecified atom stereocenters. The van der Waals surface area contributed by atoms with Gasteiger partial charge in [-0.25, -0.2) is 9.59 Å². The number of carbonyl (C=O) groups excluding carboxylic acids is 1. The van der Waals surface area contributed by atoms with E-state index in [1.165, 1.54) is 18.5 Å². The fraction of sp³-hybridized carbons (Fsp3) is 0.571. The van der Waals surface area contributed by atoms with Crippen LogP contribution in [-0.2, 0) is 23.1 Å². The molecule has 0 bridgehead atoms. The molecular weight excluding hydrogens is 304 g/mol. The lowest BCUT2D eigenvalue weighted by atomic mass is 10.2. The molecule has 0 saturated carbocycles. The van der Waals surface area contributed by atoms with Gasteiger partial charge in [0.1, 0.15) is 5.65 Å². The highest BCUT2D eigenvalue weighted by molar-refractivity contribution is 5.68. The predicted octanol–water partition coefficient (Wildman–Crippen LogP) is -0.161. The second kappa shape index (κ2) is 6.67. The lowest BCUT2D eigenvalue weighted by Crippen LogP contribution is -2.39. The Morgan fingerprint density at radius 1 is 1.22 bits per heavy atom. The van der Waals surface area contributed by atoms with Crippen molar-refractivity contribution < 1.29 is 9.53 Å². The van der Waals surface area contributed by atoms with Gasteiger partial charge in [0.25, 0.3) is 5.56 Å². The molecule has 0 aliphatic carbocycles. The van der Waals surface area contributed by atoms with Crippen molar-refractivity contribution in [3.63, 3.8) is 0 Å². The van der Waals surface area contributed by atoms with Gasteiger partial charge in [-0.2, -0.15) is 0 Å². The summed E-state index contributed by atoms with van der Waals surface area (Å²) < 4.78 is 7.34. The summed E-state index contributed by atoms with van der Waals surface area (Å²) in [4.78, 5) is 51.5. The monoisotopic (exact) mass is 324 g/mol. The SMILES string of the molecule is CC(=O)O[C@H](C)CCCCn1c(=O)c2[nH]c(=O)[nH]c2n(C)c1=O. The molecule has 0 fully saturated rings. The minimum absolute atomic E-state index is 0.0883. The normalized spacial score (nSPS) is 12.5. The first-order chi connectivity index (χ1) is 10.8. The van der Waals surface area contributed by atoms with Crippen LogP contribution in [0.15, 0.2) is 14.4 Å². The van der Waals surface area contributed by atoms with Crippen LogP contribution in [0.3, 0.4) is 0 Å². The van der Waals surface area contributed by atoms with Gasteiger partial charge in [0.15, 0.2) is 5.52 Å². The summed E-state index contributed by atoms with van der Waals surface area (Å²) in [6.07, 6.45) is 1.74. The fourth-order valence-corrected chi connectivity index (χ4v) is 2.52. The maximum absolute atomic E-state index is 12.3. The van der Waals surface area contributed by atoms with E-state index in [9.17, 15) is 19.2 Å². The smallest absolute Gasteiger partial charge is 0.332 e. The topological polar surface area (TPSA) is 119 Å². The Kier molecular flexibility index (Phi) is 4.87. The summed E-state index contributed by atoms with van der Waals surface area (Å²) in [5.74, 6) is -0.329. The number of imidazole rings is 1. The number of fused-ring (bicyclic) bond motifs is 1. The maximum atomic E-state index is 12.3. The number of nitrogens with one attached hydrogen (secondary N) is 2. The Morgan fingerprint density at radius 2 is 1.91 bits per heavy atom. The zero-order chi connectivity index (χ0) is 17.1. The van der Waals surface area contributed by atoms with Crippen LogP contribution in [0.5, 0.6) is 0 Å². The van der Waals surface area contributed by atoms with E-state index in [1.807, 2.05) is 0 Å². The second-order valence-electron chi connectivity index (χ2n) is 5.52. The van der Waals surface area contributed by atoms with Crippen LogP contribution in [0.4, 0.5) is 0 Å². The molecule has 126 valence electrons. The fourth-order valence-electron chi connectivity index (χ4n) is 2.52. The Labute approximate surface area is 130 Å². The van der Waals surface area contributed by atoms with Crippen LogP contribution in [0.1, 0.15) is 33.1 Å². The molecule has 0 aromatic carbocycles. The number of rotatable bonds is 6. The molecule has 0 radical (unpaired) electrons. The zero-order valence-electron chi connectivity index (χ0n) is 13.3. The standard InChI is InChI=1S/C14H20N4O5/c1-8(23-9(2)19)6-4-5-7-18-12(20)10-11(16-13(21)15-10)17(3)14(18)22/h8H,4-7H2,1-3H3,(H2,15,16,21)/t8-/m1/s1. The Bertz CT molecular complexity index is 885.